The van der Waals surface area contributed by atoms with Gasteiger partial charge in [0.05, 0.1) is 10.9 Å². The van der Waals surface area contributed by atoms with Crippen molar-refractivity contribution in [1.82, 2.24) is 4.72 Å². The molecule has 0 saturated heterocycles. The number of benzene rings is 1. The summed E-state index contributed by atoms with van der Waals surface area (Å²) in [5.41, 5.74) is 5.86. The van der Waals surface area contributed by atoms with E-state index >= 15 is 0 Å². The second kappa shape index (κ2) is 5.97. The molecule has 1 atom stereocenters. The van der Waals surface area contributed by atoms with Crippen molar-refractivity contribution in [2.75, 3.05) is 0 Å². The zero-order valence-corrected chi connectivity index (χ0v) is 12.6. The minimum absolute atomic E-state index is 0.00473. The Morgan fingerprint density at radius 1 is 1.33 bits per heavy atom. The fraction of sp³-hybridized carbons (Fsp3) is 0.286. The molecule has 0 aliphatic rings. The van der Waals surface area contributed by atoms with Crippen LogP contribution < -0.4 is 10.5 Å². The van der Waals surface area contributed by atoms with E-state index in [0.29, 0.717) is 17.1 Å². The molecule has 0 radical (unpaired) electrons. The van der Waals surface area contributed by atoms with E-state index in [1.165, 1.54) is 12.1 Å². The monoisotopic (exact) mass is 312 g/mol. The van der Waals surface area contributed by atoms with E-state index in [0.717, 1.165) is 6.07 Å². The van der Waals surface area contributed by atoms with Crippen LogP contribution in [-0.2, 0) is 16.6 Å². The molecule has 0 spiro atoms. The molecule has 7 heteroatoms. The molecule has 0 amide bonds. The summed E-state index contributed by atoms with van der Waals surface area (Å²) in [7, 11) is -3.89. The van der Waals surface area contributed by atoms with E-state index in [1.54, 1.807) is 26.0 Å². The first kappa shape index (κ1) is 15.7. The largest absolute Gasteiger partial charge is 0.465 e. The number of hydrogen-bond donors (Lipinski definition) is 2. The van der Waals surface area contributed by atoms with Gasteiger partial charge in [-0.1, -0.05) is 6.07 Å². The standard InChI is InChI=1S/C14H17FN2O3S/c1-9-3-6-13(20-9)10(2)17-21(18,19)14-7-12(15)5-4-11(14)8-16/h3-7,10,17H,8,16H2,1-2H3. The zero-order valence-electron chi connectivity index (χ0n) is 11.8. The number of furan rings is 1. The summed E-state index contributed by atoms with van der Waals surface area (Å²) in [6.07, 6.45) is 0. The van der Waals surface area contributed by atoms with Crippen LogP contribution >= 0.6 is 0 Å². The van der Waals surface area contributed by atoms with Crippen molar-refractivity contribution in [3.63, 3.8) is 0 Å². The summed E-state index contributed by atoms with van der Waals surface area (Å²) >= 11 is 0. The first-order valence-electron chi connectivity index (χ1n) is 6.40. The molecule has 1 aromatic carbocycles. The Morgan fingerprint density at radius 2 is 2.05 bits per heavy atom. The Bertz CT molecular complexity index is 740. The molecule has 2 rings (SSSR count). The van der Waals surface area contributed by atoms with Crippen LogP contribution in [0.15, 0.2) is 39.6 Å². The van der Waals surface area contributed by atoms with E-state index < -0.39 is 21.9 Å². The van der Waals surface area contributed by atoms with Gasteiger partial charge in [-0.15, -0.1) is 0 Å². The summed E-state index contributed by atoms with van der Waals surface area (Å²) in [5, 5.41) is 0. The summed E-state index contributed by atoms with van der Waals surface area (Å²) in [6, 6.07) is 6.38. The van der Waals surface area contributed by atoms with Gasteiger partial charge in [-0.25, -0.2) is 17.5 Å². The number of halogens is 1. The Hall–Kier alpha value is -1.70. The third-order valence-corrected chi connectivity index (χ3v) is 4.68. The second-order valence-electron chi connectivity index (χ2n) is 4.75. The molecule has 5 nitrogen and oxygen atoms in total. The SMILES string of the molecule is Cc1ccc(C(C)NS(=O)(=O)c2cc(F)ccc2CN)o1. The van der Waals surface area contributed by atoms with Crippen molar-refractivity contribution in [3.8, 4) is 0 Å². The van der Waals surface area contributed by atoms with Crippen molar-refractivity contribution in [1.29, 1.82) is 0 Å². The quantitative estimate of drug-likeness (QED) is 0.886. The van der Waals surface area contributed by atoms with E-state index in [2.05, 4.69) is 4.72 Å². The van der Waals surface area contributed by atoms with Crippen molar-refractivity contribution in [2.24, 2.45) is 5.73 Å². The lowest BCUT2D eigenvalue weighted by atomic mass is 10.2. The Balaban J connectivity index is 2.32. The normalized spacial score (nSPS) is 13.3. The van der Waals surface area contributed by atoms with E-state index in [-0.39, 0.29) is 11.4 Å². The van der Waals surface area contributed by atoms with Crippen molar-refractivity contribution >= 4 is 10.0 Å². The molecule has 0 fully saturated rings. The van der Waals surface area contributed by atoms with Gasteiger partial charge in [-0.2, -0.15) is 0 Å². The topological polar surface area (TPSA) is 85.3 Å². The fourth-order valence-corrected chi connectivity index (χ4v) is 3.46. The minimum atomic E-state index is -3.89. The highest BCUT2D eigenvalue weighted by Crippen LogP contribution is 2.21. The maximum absolute atomic E-state index is 13.3. The average Bonchev–Trinajstić information content (AvgIpc) is 2.85. The lowest BCUT2D eigenvalue weighted by Gasteiger charge is -2.14. The maximum Gasteiger partial charge on any atom is 0.241 e. The van der Waals surface area contributed by atoms with Gasteiger partial charge in [-0.05, 0) is 43.7 Å². The van der Waals surface area contributed by atoms with E-state index in [9.17, 15) is 12.8 Å². The average molecular weight is 312 g/mol. The first-order chi connectivity index (χ1) is 9.83. The van der Waals surface area contributed by atoms with Crippen LogP contribution in [0.5, 0.6) is 0 Å². The van der Waals surface area contributed by atoms with Crippen LogP contribution in [0.3, 0.4) is 0 Å². The lowest BCUT2D eigenvalue weighted by Crippen LogP contribution is -2.28. The van der Waals surface area contributed by atoms with Crippen molar-refractivity contribution < 1.29 is 17.2 Å². The van der Waals surface area contributed by atoms with Gasteiger partial charge in [0.25, 0.3) is 0 Å². The van der Waals surface area contributed by atoms with Gasteiger partial charge >= 0.3 is 0 Å². The molecule has 0 bridgehead atoms. The van der Waals surface area contributed by atoms with Crippen LogP contribution in [0.4, 0.5) is 4.39 Å². The molecule has 0 aliphatic carbocycles. The maximum atomic E-state index is 13.3. The van der Waals surface area contributed by atoms with Gasteiger partial charge < -0.3 is 10.2 Å². The Kier molecular flexibility index (Phi) is 4.46. The predicted molar refractivity (Wildman–Crippen MR) is 76.5 cm³/mol. The first-order valence-corrected chi connectivity index (χ1v) is 7.89. The highest BCUT2D eigenvalue weighted by Gasteiger charge is 2.23. The Morgan fingerprint density at radius 3 is 2.62 bits per heavy atom. The molecule has 0 saturated carbocycles. The van der Waals surface area contributed by atoms with Gasteiger partial charge in [0.15, 0.2) is 0 Å². The number of sulfonamides is 1. The molecular weight excluding hydrogens is 295 g/mol. The van der Waals surface area contributed by atoms with Crippen LogP contribution in [0.25, 0.3) is 0 Å². The van der Waals surface area contributed by atoms with E-state index in [4.69, 9.17) is 10.2 Å². The van der Waals surface area contributed by atoms with Gasteiger partial charge in [0.2, 0.25) is 10.0 Å². The van der Waals surface area contributed by atoms with Crippen molar-refractivity contribution in [3.05, 3.63) is 53.2 Å². The lowest BCUT2D eigenvalue weighted by molar-refractivity contribution is 0.441. The van der Waals surface area contributed by atoms with Crippen LogP contribution in [0, 0.1) is 12.7 Å². The number of nitrogens with two attached hydrogens (primary N) is 1. The molecule has 0 aliphatic heterocycles. The zero-order chi connectivity index (χ0) is 15.6. The summed E-state index contributed by atoms with van der Waals surface area (Å²) in [6.45, 7) is 3.42. The molecule has 1 unspecified atom stereocenters. The number of rotatable bonds is 5. The van der Waals surface area contributed by atoms with Gasteiger partial charge in [0, 0.05) is 6.54 Å². The smallest absolute Gasteiger partial charge is 0.241 e. The highest BCUT2D eigenvalue weighted by atomic mass is 32.2. The highest BCUT2D eigenvalue weighted by molar-refractivity contribution is 7.89. The van der Waals surface area contributed by atoms with Crippen LogP contribution in [0.1, 0.15) is 30.0 Å². The molecule has 3 N–H and O–H groups in total. The molecular formula is C14H17FN2O3S. The van der Waals surface area contributed by atoms with Gasteiger partial charge in [-0.3, -0.25) is 0 Å². The van der Waals surface area contributed by atoms with Crippen molar-refractivity contribution in [2.45, 2.75) is 31.3 Å². The summed E-state index contributed by atoms with van der Waals surface area (Å²) in [5.74, 6) is 0.542. The van der Waals surface area contributed by atoms with Crippen LogP contribution in [-0.4, -0.2) is 8.42 Å². The number of hydrogen-bond acceptors (Lipinski definition) is 4. The molecule has 21 heavy (non-hydrogen) atoms. The molecule has 1 heterocycles. The Labute approximate surface area is 123 Å². The molecule has 1 aromatic heterocycles. The summed E-state index contributed by atoms with van der Waals surface area (Å²) < 4.78 is 45.9. The number of aryl methyl sites for hydroxylation is 1. The fourth-order valence-electron chi connectivity index (χ4n) is 1.99. The van der Waals surface area contributed by atoms with Gasteiger partial charge in [0.1, 0.15) is 17.3 Å². The third kappa shape index (κ3) is 3.49. The van der Waals surface area contributed by atoms with E-state index in [1.807, 2.05) is 0 Å². The minimum Gasteiger partial charge on any atom is -0.465 e. The number of nitrogens with one attached hydrogen (secondary N) is 1. The second-order valence-corrected chi connectivity index (χ2v) is 6.43. The summed E-state index contributed by atoms with van der Waals surface area (Å²) in [4.78, 5) is -0.153. The molecule has 114 valence electrons. The predicted octanol–water partition coefficient (Wildman–Crippen LogP) is 2.23. The molecule has 2 aromatic rings. The van der Waals surface area contributed by atoms with Crippen LogP contribution in [0.2, 0.25) is 0 Å². The third-order valence-electron chi connectivity index (χ3n) is 3.06.